The number of ether oxygens (including phenoxy) is 2. The van der Waals surface area contributed by atoms with E-state index in [9.17, 15) is 19.2 Å². The minimum atomic E-state index is -0.602. The molecule has 0 bridgehead atoms. The first-order valence-electron chi connectivity index (χ1n) is 8.91. The summed E-state index contributed by atoms with van der Waals surface area (Å²) in [6, 6.07) is 13.0. The first-order valence-corrected chi connectivity index (χ1v) is 8.91. The number of anilines is 2. The van der Waals surface area contributed by atoms with E-state index in [-0.39, 0.29) is 30.3 Å². The predicted octanol–water partition coefficient (Wildman–Crippen LogP) is 2.25. The highest BCUT2D eigenvalue weighted by atomic mass is 16.5. The van der Waals surface area contributed by atoms with Gasteiger partial charge in [0, 0.05) is 18.7 Å². The van der Waals surface area contributed by atoms with Crippen LogP contribution in [0.3, 0.4) is 0 Å². The Morgan fingerprint density at radius 3 is 2.45 bits per heavy atom. The van der Waals surface area contributed by atoms with Crippen LogP contribution in [0.2, 0.25) is 0 Å². The number of hydrogen-bond acceptors (Lipinski definition) is 6. The first kappa shape index (κ1) is 20.1. The number of nitrogens with zero attached hydrogens (tertiary/aromatic N) is 1. The van der Waals surface area contributed by atoms with E-state index in [0.29, 0.717) is 16.9 Å². The van der Waals surface area contributed by atoms with Crippen LogP contribution in [0, 0.1) is 5.92 Å². The molecule has 2 amide bonds. The summed E-state index contributed by atoms with van der Waals surface area (Å²) in [7, 11) is 2.54. The summed E-state index contributed by atoms with van der Waals surface area (Å²) in [5.41, 5.74) is 1.39. The molecule has 1 heterocycles. The van der Waals surface area contributed by atoms with Gasteiger partial charge in [0.2, 0.25) is 11.8 Å². The second kappa shape index (κ2) is 8.55. The predicted molar refractivity (Wildman–Crippen MR) is 105 cm³/mol. The van der Waals surface area contributed by atoms with E-state index < -0.39 is 17.9 Å². The summed E-state index contributed by atoms with van der Waals surface area (Å²) in [6.45, 7) is 0.162. The SMILES string of the molecule is COC(=O)c1cccc(N2CC(C(=O)Nc3ccccc3C(=O)OC)CC2=O)c1. The summed E-state index contributed by atoms with van der Waals surface area (Å²) in [5.74, 6) is -2.28. The average molecular weight is 396 g/mol. The monoisotopic (exact) mass is 396 g/mol. The van der Waals surface area contributed by atoms with Crippen molar-refractivity contribution in [2.75, 3.05) is 31.0 Å². The van der Waals surface area contributed by atoms with Crippen LogP contribution < -0.4 is 10.2 Å². The highest BCUT2D eigenvalue weighted by molar-refractivity contribution is 6.06. The number of carbonyl (C=O) groups excluding carboxylic acids is 4. The van der Waals surface area contributed by atoms with Crippen molar-refractivity contribution in [3.8, 4) is 0 Å². The number of esters is 2. The van der Waals surface area contributed by atoms with Crippen molar-refractivity contribution in [3.63, 3.8) is 0 Å². The molecule has 0 aromatic heterocycles. The maximum absolute atomic E-state index is 12.7. The molecule has 1 atom stereocenters. The molecular weight excluding hydrogens is 376 g/mol. The second-order valence-electron chi connectivity index (χ2n) is 6.47. The Kier molecular flexibility index (Phi) is 5.92. The van der Waals surface area contributed by atoms with Crippen LogP contribution in [-0.2, 0) is 19.1 Å². The lowest BCUT2D eigenvalue weighted by Crippen LogP contribution is -2.28. The summed E-state index contributed by atoms with van der Waals surface area (Å²) >= 11 is 0. The molecule has 2 aromatic carbocycles. The zero-order chi connectivity index (χ0) is 21.0. The second-order valence-corrected chi connectivity index (χ2v) is 6.47. The highest BCUT2D eigenvalue weighted by Crippen LogP contribution is 2.27. The molecule has 1 saturated heterocycles. The Bertz CT molecular complexity index is 971. The molecule has 1 aliphatic rings. The third-order valence-corrected chi connectivity index (χ3v) is 4.66. The fourth-order valence-electron chi connectivity index (χ4n) is 3.17. The normalized spacial score (nSPS) is 15.7. The molecule has 0 spiro atoms. The topological polar surface area (TPSA) is 102 Å². The maximum Gasteiger partial charge on any atom is 0.339 e. The molecule has 0 saturated carbocycles. The van der Waals surface area contributed by atoms with Gasteiger partial charge in [-0.05, 0) is 30.3 Å². The quantitative estimate of drug-likeness (QED) is 0.778. The van der Waals surface area contributed by atoms with Crippen molar-refractivity contribution in [3.05, 3.63) is 59.7 Å². The van der Waals surface area contributed by atoms with Crippen LogP contribution >= 0.6 is 0 Å². The van der Waals surface area contributed by atoms with Crippen LogP contribution in [0.15, 0.2) is 48.5 Å². The van der Waals surface area contributed by atoms with Crippen molar-refractivity contribution in [2.45, 2.75) is 6.42 Å². The van der Waals surface area contributed by atoms with Crippen LogP contribution in [0.25, 0.3) is 0 Å². The van der Waals surface area contributed by atoms with Gasteiger partial charge in [-0.25, -0.2) is 9.59 Å². The zero-order valence-corrected chi connectivity index (χ0v) is 16.0. The van der Waals surface area contributed by atoms with Gasteiger partial charge in [-0.1, -0.05) is 18.2 Å². The van der Waals surface area contributed by atoms with Crippen LogP contribution in [0.1, 0.15) is 27.1 Å². The number of nitrogens with one attached hydrogen (secondary N) is 1. The molecule has 8 nitrogen and oxygen atoms in total. The lowest BCUT2D eigenvalue weighted by Gasteiger charge is -2.17. The van der Waals surface area contributed by atoms with Gasteiger partial charge in [-0.15, -0.1) is 0 Å². The number of para-hydroxylation sites is 1. The standard InChI is InChI=1S/C21H20N2O6/c1-28-20(26)13-6-5-7-15(10-13)23-12-14(11-18(23)24)19(25)22-17-9-4-3-8-16(17)21(27)29-2/h3-10,14H,11-12H2,1-2H3,(H,22,25). The van der Waals surface area contributed by atoms with Gasteiger partial charge in [0.25, 0.3) is 0 Å². The van der Waals surface area contributed by atoms with Gasteiger partial charge in [0.1, 0.15) is 0 Å². The molecule has 0 radical (unpaired) electrons. The van der Waals surface area contributed by atoms with E-state index in [1.807, 2.05) is 0 Å². The Hall–Kier alpha value is -3.68. The fraction of sp³-hybridized carbons (Fsp3) is 0.238. The molecule has 0 aliphatic carbocycles. The zero-order valence-electron chi connectivity index (χ0n) is 16.0. The maximum atomic E-state index is 12.7. The van der Waals surface area contributed by atoms with Crippen LogP contribution in [-0.4, -0.2) is 44.5 Å². The van der Waals surface area contributed by atoms with Gasteiger partial charge in [0.05, 0.1) is 37.0 Å². The number of hydrogen-bond donors (Lipinski definition) is 1. The largest absolute Gasteiger partial charge is 0.465 e. The number of amides is 2. The lowest BCUT2D eigenvalue weighted by molar-refractivity contribution is -0.122. The summed E-state index contributed by atoms with van der Waals surface area (Å²) in [6.07, 6.45) is 0.0225. The van der Waals surface area contributed by atoms with E-state index in [4.69, 9.17) is 9.47 Å². The highest BCUT2D eigenvalue weighted by Gasteiger charge is 2.35. The lowest BCUT2D eigenvalue weighted by atomic mass is 10.1. The van der Waals surface area contributed by atoms with Gasteiger partial charge in [-0.2, -0.15) is 0 Å². The summed E-state index contributed by atoms with van der Waals surface area (Å²) in [4.78, 5) is 50.2. The Morgan fingerprint density at radius 2 is 1.72 bits per heavy atom. The van der Waals surface area contributed by atoms with E-state index in [2.05, 4.69) is 5.32 Å². The smallest absolute Gasteiger partial charge is 0.339 e. The Morgan fingerprint density at radius 1 is 1.00 bits per heavy atom. The summed E-state index contributed by atoms with van der Waals surface area (Å²) in [5, 5.41) is 2.71. The average Bonchev–Trinajstić information content (AvgIpc) is 3.15. The third kappa shape index (κ3) is 4.26. The first-order chi connectivity index (χ1) is 13.9. The molecular formula is C21H20N2O6. The van der Waals surface area contributed by atoms with Gasteiger partial charge in [-0.3, -0.25) is 9.59 Å². The summed E-state index contributed by atoms with van der Waals surface area (Å²) < 4.78 is 9.43. The van der Waals surface area contributed by atoms with E-state index in [0.717, 1.165) is 0 Å². The number of carbonyl (C=O) groups is 4. The molecule has 150 valence electrons. The van der Waals surface area contributed by atoms with Crippen molar-refractivity contribution in [1.29, 1.82) is 0 Å². The molecule has 1 unspecified atom stereocenters. The molecule has 1 fully saturated rings. The molecule has 29 heavy (non-hydrogen) atoms. The minimum Gasteiger partial charge on any atom is -0.465 e. The van der Waals surface area contributed by atoms with Crippen molar-refractivity contribution < 1.29 is 28.7 Å². The van der Waals surface area contributed by atoms with Gasteiger partial charge in [0.15, 0.2) is 0 Å². The third-order valence-electron chi connectivity index (χ3n) is 4.66. The molecule has 1 N–H and O–H groups in total. The Labute approximate surface area is 167 Å². The number of methoxy groups -OCH3 is 2. The fourth-order valence-corrected chi connectivity index (χ4v) is 3.17. The van der Waals surface area contributed by atoms with E-state index in [1.54, 1.807) is 48.5 Å². The molecule has 1 aliphatic heterocycles. The molecule has 3 rings (SSSR count). The van der Waals surface area contributed by atoms with Crippen molar-refractivity contribution in [1.82, 2.24) is 0 Å². The van der Waals surface area contributed by atoms with Crippen LogP contribution in [0.4, 0.5) is 11.4 Å². The van der Waals surface area contributed by atoms with Crippen LogP contribution in [0.5, 0.6) is 0 Å². The number of rotatable bonds is 5. The Balaban J connectivity index is 1.75. The van der Waals surface area contributed by atoms with E-state index in [1.165, 1.54) is 19.1 Å². The number of benzene rings is 2. The minimum absolute atomic E-state index is 0.0225. The molecule has 8 heteroatoms. The van der Waals surface area contributed by atoms with E-state index >= 15 is 0 Å². The van der Waals surface area contributed by atoms with Crippen molar-refractivity contribution >= 4 is 35.1 Å². The van der Waals surface area contributed by atoms with Gasteiger partial charge >= 0.3 is 11.9 Å². The van der Waals surface area contributed by atoms with Gasteiger partial charge < -0.3 is 19.7 Å². The van der Waals surface area contributed by atoms with Crippen molar-refractivity contribution in [2.24, 2.45) is 5.92 Å². The molecule has 2 aromatic rings.